The molecule has 3 heterocycles. The van der Waals surface area contributed by atoms with Crippen LogP contribution in [-0.4, -0.2) is 34.4 Å². The molecule has 0 atom stereocenters. The maximum absolute atomic E-state index is 13.3. The van der Waals surface area contributed by atoms with Crippen LogP contribution >= 0.6 is 0 Å². The van der Waals surface area contributed by atoms with Crippen molar-refractivity contribution in [1.29, 1.82) is 0 Å². The number of carbonyl (C=O) groups excluding carboxylic acids is 1. The normalized spacial score (nSPS) is 10.8. The zero-order valence-corrected chi connectivity index (χ0v) is 12.3. The fourth-order valence-electron chi connectivity index (χ4n) is 2.31. The monoisotopic (exact) mass is 318 g/mol. The van der Waals surface area contributed by atoms with E-state index in [-0.39, 0.29) is 17.0 Å². The number of hydrogen-bond donors (Lipinski definition) is 1. The Hall–Kier alpha value is -3.03. The van der Waals surface area contributed by atoms with Crippen molar-refractivity contribution in [2.75, 3.05) is 14.2 Å². The van der Waals surface area contributed by atoms with Gasteiger partial charge in [-0.05, 0) is 0 Å². The number of ether oxygens (including phenoxy) is 1. The second-order valence-corrected chi connectivity index (χ2v) is 4.71. The van der Waals surface area contributed by atoms with Crippen LogP contribution < -0.4 is 10.1 Å². The Morgan fingerprint density at radius 1 is 1.26 bits per heavy atom. The van der Waals surface area contributed by atoms with Gasteiger partial charge in [0, 0.05) is 37.0 Å². The third-order valence-corrected chi connectivity index (χ3v) is 3.36. The molecule has 118 valence electrons. The molecule has 0 aliphatic rings. The van der Waals surface area contributed by atoms with Gasteiger partial charge in [0.2, 0.25) is 11.9 Å². The Labute approximate surface area is 129 Å². The van der Waals surface area contributed by atoms with Gasteiger partial charge in [-0.25, -0.2) is 4.98 Å². The summed E-state index contributed by atoms with van der Waals surface area (Å²) >= 11 is 0. The second-order valence-electron chi connectivity index (χ2n) is 4.71. The summed E-state index contributed by atoms with van der Waals surface area (Å²) in [5.41, 5.74) is 1.43. The minimum Gasteiger partial charge on any atom is -0.496 e. The van der Waals surface area contributed by atoms with E-state index in [4.69, 9.17) is 4.74 Å². The zero-order chi connectivity index (χ0) is 16.6. The lowest BCUT2D eigenvalue weighted by Crippen LogP contribution is -2.19. The van der Waals surface area contributed by atoms with Crippen molar-refractivity contribution in [3.63, 3.8) is 0 Å². The highest BCUT2D eigenvalue weighted by Crippen LogP contribution is 2.26. The number of halogens is 2. The first-order valence-corrected chi connectivity index (χ1v) is 6.64. The largest absolute Gasteiger partial charge is 0.496 e. The Bertz CT molecular complexity index is 888. The summed E-state index contributed by atoms with van der Waals surface area (Å²) in [5.74, 6) is -1.87. The number of nitrogens with zero attached hydrogens (tertiary/aromatic N) is 3. The number of fused-ring (bicyclic) bond motifs is 1. The van der Waals surface area contributed by atoms with Crippen molar-refractivity contribution in [3.8, 4) is 17.0 Å². The molecule has 0 aliphatic carbocycles. The molecule has 0 unspecified atom stereocenters. The Kier molecular flexibility index (Phi) is 3.65. The minimum absolute atomic E-state index is 0.260. The Morgan fingerprint density at radius 3 is 2.57 bits per heavy atom. The number of rotatable bonds is 3. The average Bonchev–Trinajstić information content (AvgIpc) is 2.94. The van der Waals surface area contributed by atoms with Crippen molar-refractivity contribution >= 4 is 11.6 Å². The molecule has 3 aromatic heterocycles. The molecule has 8 heteroatoms. The summed E-state index contributed by atoms with van der Waals surface area (Å²) in [6.45, 7) is 0. The lowest BCUT2D eigenvalue weighted by Gasteiger charge is -2.09. The third-order valence-electron chi connectivity index (χ3n) is 3.36. The molecule has 3 rings (SSSR count). The number of methoxy groups -OCH3 is 1. The molecule has 0 fully saturated rings. The van der Waals surface area contributed by atoms with Crippen molar-refractivity contribution in [1.82, 2.24) is 19.7 Å². The molecule has 1 N–H and O–H groups in total. The van der Waals surface area contributed by atoms with Crippen LogP contribution in [0.25, 0.3) is 16.9 Å². The standard InChI is InChI=1S/C15H12F2N4O2/c1-18-15(22)9-7-21-10(6-19-14(21)5-11(9)23-2)8-3-12(16)20-13(17)4-8/h3-7H,1-2H3,(H,18,22). The van der Waals surface area contributed by atoms with Gasteiger partial charge >= 0.3 is 0 Å². The summed E-state index contributed by atoms with van der Waals surface area (Å²) in [4.78, 5) is 19.2. The van der Waals surface area contributed by atoms with Gasteiger partial charge in [0.05, 0.1) is 24.6 Å². The number of carbonyl (C=O) groups is 1. The summed E-state index contributed by atoms with van der Waals surface area (Å²) in [6, 6.07) is 3.76. The van der Waals surface area contributed by atoms with Gasteiger partial charge in [-0.15, -0.1) is 0 Å². The average molecular weight is 318 g/mol. The SMILES string of the molecule is CNC(=O)c1cn2c(-c3cc(F)nc(F)c3)cnc2cc1OC. The van der Waals surface area contributed by atoms with Crippen molar-refractivity contribution in [3.05, 3.63) is 48.1 Å². The quantitative estimate of drug-likeness (QED) is 0.751. The number of amides is 1. The highest BCUT2D eigenvalue weighted by atomic mass is 19.1. The zero-order valence-electron chi connectivity index (χ0n) is 12.3. The van der Waals surface area contributed by atoms with Crippen LogP contribution in [-0.2, 0) is 0 Å². The number of aromatic nitrogens is 3. The van der Waals surface area contributed by atoms with Gasteiger partial charge in [-0.3, -0.25) is 9.20 Å². The highest BCUT2D eigenvalue weighted by Gasteiger charge is 2.16. The molecule has 23 heavy (non-hydrogen) atoms. The van der Waals surface area contributed by atoms with Crippen LogP contribution in [0.3, 0.4) is 0 Å². The van der Waals surface area contributed by atoms with Crippen LogP contribution in [0.15, 0.2) is 30.6 Å². The maximum atomic E-state index is 13.3. The summed E-state index contributed by atoms with van der Waals surface area (Å²) in [5, 5.41) is 2.51. The predicted octanol–water partition coefficient (Wildman–Crippen LogP) is 2.04. The number of nitrogens with one attached hydrogen (secondary N) is 1. The maximum Gasteiger partial charge on any atom is 0.256 e. The van der Waals surface area contributed by atoms with E-state index in [0.29, 0.717) is 17.1 Å². The summed E-state index contributed by atoms with van der Waals surface area (Å²) in [7, 11) is 2.93. The molecule has 0 saturated heterocycles. The van der Waals surface area contributed by atoms with E-state index in [9.17, 15) is 13.6 Å². The van der Waals surface area contributed by atoms with Gasteiger partial charge < -0.3 is 10.1 Å². The summed E-state index contributed by atoms with van der Waals surface area (Å²) < 4.78 is 33.4. The van der Waals surface area contributed by atoms with Gasteiger partial charge in [0.15, 0.2) is 0 Å². The van der Waals surface area contributed by atoms with E-state index in [1.54, 1.807) is 10.5 Å². The highest BCUT2D eigenvalue weighted by molar-refractivity contribution is 5.97. The van der Waals surface area contributed by atoms with Crippen molar-refractivity contribution < 1.29 is 18.3 Å². The molecule has 0 aliphatic heterocycles. The van der Waals surface area contributed by atoms with Crippen LogP contribution in [0.5, 0.6) is 5.75 Å². The van der Waals surface area contributed by atoms with E-state index in [1.807, 2.05) is 0 Å². The molecule has 3 aromatic rings. The van der Waals surface area contributed by atoms with Crippen molar-refractivity contribution in [2.24, 2.45) is 0 Å². The lowest BCUT2D eigenvalue weighted by molar-refractivity contribution is 0.0959. The molecule has 0 bridgehead atoms. The Morgan fingerprint density at radius 2 is 1.96 bits per heavy atom. The fraction of sp³-hybridized carbons (Fsp3) is 0.133. The van der Waals surface area contributed by atoms with Crippen LogP contribution in [0, 0.1) is 11.9 Å². The first-order valence-electron chi connectivity index (χ1n) is 6.64. The number of pyridine rings is 2. The molecule has 0 radical (unpaired) electrons. The van der Waals surface area contributed by atoms with Gasteiger partial charge in [0.1, 0.15) is 11.4 Å². The third kappa shape index (κ3) is 2.59. The Balaban J connectivity index is 2.25. The topological polar surface area (TPSA) is 68.5 Å². The second kappa shape index (κ2) is 5.64. The van der Waals surface area contributed by atoms with Crippen LogP contribution in [0.1, 0.15) is 10.4 Å². The van der Waals surface area contributed by atoms with Gasteiger partial charge in [0.25, 0.3) is 5.91 Å². The molecule has 0 saturated carbocycles. The van der Waals surface area contributed by atoms with E-state index in [1.165, 1.54) is 26.6 Å². The predicted molar refractivity (Wildman–Crippen MR) is 78.3 cm³/mol. The molecule has 6 nitrogen and oxygen atoms in total. The first-order chi connectivity index (χ1) is 11.0. The van der Waals surface area contributed by atoms with Gasteiger partial charge in [-0.1, -0.05) is 0 Å². The van der Waals surface area contributed by atoms with E-state index in [2.05, 4.69) is 15.3 Å². The van der Waals surface area contributed by atoms with Gasteiger partial charge in [-0.2, -0.15) is 13.8 Å². The van der Waals surface area contributed by atoms with Crippen LogP contribution in [0.4, 0.5) is 8.78 Å². The van der Waals surface area contributed by atoms with Crippen LogP contribution in [0.2, 0.25) is 0 Å². The fourth-order valence-corrected chi connectivity index (χ4v) is 2.31. The molecule has 0 spiro atoms. The van der Waals surface area contributed by atoms with E-state index >= 15 is 0 Å². The summed E-state index contributed by atoms with van der Waals surface area (Å²) in [6.07, 6.45) is 2.96. The van der Waals surface area contributed by atoms with E-state index in [0.717, 1.165) is 12.1 Å². The lowest BCUT2D eigenvalue weighted by atomic mass is 10.2. The van der Waals surface area contributed by atoms with E-state index < -0.39 is 11.9 Å². The molecule has 0 aromatic carbocycles. The molecular formula is C15H12F2N4O2. The smallest absolute Gasteiger partial charge is 0.256 e. The number of imidazole rings is 1. The molecular weight excluding hydrogens is 306 g/mol. The van der Waals surface area contributed by atoms with Crippen molar-refractivity contribution in [2.45, 2.75) is 0 Å². The first kappa shape index (κ1) is 14.9. The number of hydrogen-bond acceptors (Lipinski definition) is 4. The molecule has 1 amide bonds. The minimum atomic E-state index is -0.935.